The van der Waals surface area contributed by atoms with Gasteiger partial charge < -0.3 is 9.73 Å². The maximum atomic E-state index is 5.67. The highest BCUT2D eigenvalue weighted by atomic mass is 16.3. The first-order valence-electron chi connectivity index (χ1n) is 8.85. The van der Waals surface area contributed by atoms with E-state index in [1.165, 1.54) is 57.2 Å². The Morgan fingerprint density at radius 1 is 1.24 bits per heavy atom. The van der Waals surface area contributed by atoms with E-state index in [0.717, 1.165) is 37.2 Å². The minimum Gasteiger partial charge on any atom is -0.468 e. The van der Waals surface area contributed by atoms with Crippen molar-refractivity contribution in [1.82, 2.24) is 10.2 Å². The van der Waals surface area contributed by atoms with Gasteiger partial charge in [-0.2, -0.15) is 0 Å². The average Bonchev–Trinajstić information content (AvgIpc) is 2.95. The van der Waals surface area contributed by atoms with E-state index in [2.05, 4.69) is 23.2 Å². The number of likely N-dealkylation sites (tertiary alicyclic amines) is 1. The summed E-state index contributed by atoms with van der Waals surface area (Å²) in [5.41, 5.74) is 1.38. The van der Waals surface area contributed by atoms with Gasteiger partial charge in [0.1, 0.15) is 5.76 Å². The van der Waals surface area contributed by atoms with Crippen molar-refractivity contribution in [2.45, 2.75) is 58.5 Å². The van der Waals surface area contributed by atoms with Crippen LogP contribution in [-0.2, 0) is 13.1 Å². The molecular weight excluding hydrogens is 260 g/mol. The lowest BCUT2D eigenvalue weighted by Gasteiger charge is -2.41. The van der Waals surface area contributed by atoms with E-state index in [-0.39, 0.29) is 0 Å². The van der Waals surface area contributed by atoms with Gasteiger partial charge in [0.25, 0.3) is 0 Å². The molecule has 0 bridgehead atoms. The second kappa shape index (κ2) is 7.46. The Morgan fingerprint density at radius 3 is 2.95 bits per heavy atom. The van der Waals surface area contributed by atoms with Crippen molar-refractivity contribution in [2.24, 2.45) is 11.8 Å². The summed E-state index contributed by atoms with van der Waals surface area (Å²) in [5.74, 6) is 3.11. The molecule has 1 N–H and O–H groups in total. The number of furan rings is 1. The molecule has 0 radical (unpaired) electrons. The maximum absolute atomic E-state index is 5.67. The van der Waals surface area contributed by atoms with Gasteiger partial charge >= 0.3 is 0 Å². The highest BCUT2D eigenvalue weighted by Crippen LogP contribution is 2.36. The van der Waals surface area contributed by atoms with Gasteiger partial charge in [0.15, 0.2) is 0 Å². The largest absolute Gasteiger partial charge is 0.468 e. The topological polar surface area (TPSA) is 28.4 Å². The predicted octanol–water partition coefficient (Wildman–Crippen LogP) is 3.79. The first kappa shape index (κ1) is 15.1. The molecule has 3 nitrogen and oxygen atoms in total. The zero-order valence-electron chi connectivity index (χ0n) is 13.4. The average molecular weight is 290 g/mol. The second-order valence-electron chi connectivity index (χ2n) is 6.87. The molecule has 3 heteroatoms. The molecule has 1 saturated carbocycles. The number of rotatable bonds is 6. The van der Waals surface area contributed by atoms with Crippen molar-refractivity contribution >= 4 is 0 Å². The smallest absolute Gasteiger partial charge is 0.122 e. The van der Waals surface area contributed by atoms with Crippen molar-refractivity contribution in [3.05, 3.63) is 23.7 Å². The Kier molecular flexibility index (Phi) is 5.37. The van der Waals surface area contributed by atoms with Gasteiger partial charge in [-0.1, -0.05) is 26.2 Å². The van der Waals surface area contributed by atoms with Crippen LogP contribution >= 0.6 is 0 Å². The third-order valence-corrected chi connectivity index (χ3v) is 5.32. The van der Waals surface area contributed by atoms with Gasteiger partial charge in [-0.15, -0.1) is 0 Å². The number of hydrogen-bond acceptors (Lipinski definition) is 3. The fraction of sp³-hybridized carbons (Fsp3) is 0.778. The van der Waals surface area contributed by atoms with Crippen molar-refractivity contribution in [3.8, 4) is 0 Å². The summed E-state index contributed by atoms with van der Waals surface area (Å²) in [6.07, 6.45) is 10.3. The number of fused-ring (bicyclic) bond motifs is 1. The van der Waals surface area contributed by atoms with Gasteiger partial charge in [0, 0.05) is 18.7 Å². The first-order valence-corrected chi connectivity index (χ1v) is 8.85. The summed E-state index contributed by atoms with van der Waals surface area (Å²) in [7, 11) is 0. The first-order chi connectivity index (χ1) is 10.4. The SMILES string of the molecule is CCCNCc1occc1CN1CCC2CCCCC2C1. The van der Waals surface area contributed by atoms with Crippen molar-refractivity contribution < 1.29 is 4.42 Å². The van der Waals surface area contributed by atoms with Crippen molar-refractivity contribution in [3.63, 3.8) is 0 Å². The minimum atomic E-state index is 0.871. The second-order valence-corrected chi connectivity index (χ2v) is 6.87. The van der Waals surface area contributed by atoms with E-state index in [4.69, 9.17) is 4.42 Å². The van der Waals surface area contributed by atoms with Crippen LogP contribution in [0.1, 0.15) is 56.8 Å². The van der Waals surface area contributed by atoms with Crippen molar-refractivity contribution in [1.29, 1.82) is 0 Å². The van der Waals surface area contributed by atoms with Crippen LogP contribution in [0.5, 0.6) is 0 Å². The van der Waals surface area contributed by atoms with Gasteiger partial charge in [-0.3, -0.25) is 4.90 Å². The fourth-order valence-electron chi connectivity index (χ4n) is 4.10. The highest BCUT2D eigenvalue weighted by Gasteiger charge is 2.31. The molecule has 0 spiro atoms. The molecule has 2 aliphatic rings. The van der Waals surface area contributed by atoms with E-state index < -0.39 is 0 Å². The zero-order valence-corrected chi connectivity index (χ0v) is 13.4. The van der Waals surface area contributed by atoms with Crippen LogP contribution in [0.15, 0.2) is 16.7 Å². The molecule has 1 saturated heterocycles. The molecule has 1 aliphatic heterocycles. The lowest BCUT2D eigenvalue weighted by molar-refractivity contribution is 0.0816. The molecule has 2 fully saturated rings. The van der Waals surface area contributed by atoms with Crippen LogP contribution in [0, 0.1) is 11.8 Å². The standard InChI is InChI=1S/C18H30N2O/c1-2-9-19-12-18-17(8-11-21-18)14-20-10-7-15-5-3-4-6-16(15)13-20/h8,11,15-16,19H,2-7,9-10,12-14H2,1H3. The molecule has 1 aromatic rings. The predicted molar refractivity (Wildman–Crippen MR) is 86.0 cm³/mol. The molecule has 21 heavy (non-hydrogen) atoms. The van der Waals surface area contributed by atoms with Crippen LogP contribution in [0.25, 0.3) is 0 Å². The number of nitrogens with one attached hydrogen (secondary N) is 1. The molecule has 1 aliphatic carbocycles. The molecular formula is C18H30N2O. The third-order valence-electron chi connectivity index (χ3n) is 5.32. The lowest BCUT2D eigenvalue weighted by atomic mass is 9.75. The molecule has 2 unspecified atom stereocenters. The third kappa shape index (κ3) is 3.89. The fourth-order valence-corrected chi connectivity index (χ4v) is 4.10. The molecule has 2 atom stereocenters. The van der Waals surface area contributed by atoms with Gasteiger partial charge in [-0.25, -0.2) is 0 Å². The summed E-state index contributed by atoms with van der Waals surface area (Å²) in [6.45, 7) is 7.78. The number of piperidine rings is 1. The van der Waals surface area contributed by atoms with Gasteiger partial charge in [0.05, 0.1) is 12.8 Å². The zero-order chi connectivity index (χ0) is 14.5. The summed E-state index contributed by atoms with van der Waals surface area (Å²) in [5, 5.41) is 3.45. The minimum absolute atomic E-state index is 0.871. The van der Waals surface area contributed by atoms with Crippen LogP contribution in [0.2, 0.25) is 0 Å². The molecule has 3 rings (SSSR count). The van der Waals surface area contributed by atoms with Crippen LogP contribution in [0.4, 0.5) is 0 Å². The van der Waals surface area contributed by atoms with Crippen LogP contribution < -0.4 is 5.32 Å². The Bertz CT molecular complexity index is 429. The molecule has 2 heterocycles. The van der Waals surface area contributed by atoms with E-state index in [1.807, 2.05) is 6.26 Å². The highest BCUT2D eigenvalue weighted by molar-refractivity contribution is 5.17. The molecule has 118 valence electrons. The summed E-state index contributed by atoms with van der Waals surface area (Å²) < 4.78 is 5.67. The summed E-state index contributed by atoms with van der Waals surface area (Å²) in [4.78, 5) is 2.65. The van der Waals surface area contributed by atoms with Crippen LogP contribution in [-0.4, -0.2) is 24.5 Å². The van der Waals surface area contributed by atoms with E-state index in [9.17, 15) is 0 Å². The Labute approximate surface area is 129 Å². The quantitative estimate of drug-likeness (QED) is 0.808. The summed E-state index contributed by atoms with van der Waals surface area (Å²) in [6, 6.07) is 2.16. The lowest BCUT2D eigenvalue weighted by Crippen LogP contribution is -2.41. The Hall–Kier alpha value is -0.800. The van der Waals surface area contributed by atoms with Crippen molar-refractivity contribution in [2.75, 3.05) is 19.6 Å². The maximum Gasteiger partial charge on any atom is 0.122 e. The number of hydrogen-bond donors (Lipinski definition) is 1. The molecule has 1 aromatic heterocycles. The Balaban J connectivity index is 1.53. The van der Waals surface area contributed by atoms with E-state index >= 15 is 0 Å². The van der Waals surface area contributed by atoms with Crippen LogP contribution in [0.3, 0.4) is 0 Å². The van der Waals surface area contributed by atoms with E-state index in [1.54, 1.807) is 0 Å². The summed E-state index contributed by atoms with van der Waals surface area (Å²) >= 11 is 0. The van der Waals surface area contributed by atoms with E-state index in [0.29, 0.717) is 0 Å². The normalized spacial score (nSPS) is 26.7. The van der Waals surface area contributed by atoms with Gasteiger partial charge in [0.2, 0.25) is 0 Å². The van der Waals surface area contributed by atoms with Gasteiger partial charge in [-0.05, 0) is 50.3 Å². The monoisotopic (exact) mass is 290 g/mol. The molecule has 0 aromatic carbocycles. The molecule has 0 amide bonds. The number of nitrogens with zero attached hydrogens (tertiary/aromatic N) is 1. The Morgan fingerprint density at radius 2 is 2.10 bits per heavy atom.